The number of rotatable bonds is 2. The zero-order valence-electron chi connectivity index (χ0n) is 8.12. The van der Waals surface area contributed by atoms with Crippen molar-refractivity contribution in [3.8, 4) is 6.07 Å². The highest BCUT2D eigenvalue weighted by Gasteiger charge is 2.29. The van der Waals surface area contributed by atoms with Crippen molar-refractivity contribution in [2.24, 2.45) is 5.92 Å². The standard InChI is InChI=1S/C9H17N3/c1-8-6-11(2)7-9(8)12(3)5-4-10/h8-9H,5-7H2,1-3H3. The normalized spacial score (nSPS) is 30.9. The van der Waals surface area contributed by atoms with E-state index in [1.54, 1.807) is 0 Å². The van der Waals surface area contributed by atoms with Crippen molar-refractivity contribution in [2.75, 3.05) is 33.7 Å². The van der Waals surface area contributed by atoms with Gasteiger partial charge in [0.1, 0.15) is 0 Å². The molecule has 0 bridgehead atoms. The minimum atomic E-state index is 0.544. The largest absolute Gasteiger partial charge is 0.304 e. The first-order valence-corrected chi connectivity index (χ1v) is 4.41. The minimum Gasteiger partial charge on any atom is -0.304 e. The number of hydrogen-bond acceptors (Lipinski definition) is 3. The minimum absolute atomic E-state index is 0.544. The highest BCUT2D eigenvalue weighted by atomic mass is 15.2. The van der Waals surface area contributed by atoms with Gasteiger partial charge in [0.15, 0.2) is 0 Å². The zero-order chi connectivity index (χ0) is 9.14. The molecule has 2 unspecified atom stereocenters. The summed E-state index contributed by atoms with van der Waals surface area (Å²) in [6.07, 6.45) is 0. The lowest BCUT2D eigenvalue weighted by atomic mass is 10.1. The Kier molecular flexibility index (Phi) is 3.07. The second-order valence-corrected chi connectivity index (χ2v) is 3.84. The molecule has 2 atom stereocenters. The van der Waals surface area contributed by atoms with Crippen LogP contribution in [0, 0.1) is 17.2 Å². The molecule has 68 valence electrons. The summed E-state index contributed by atoms with van der Waals surface area (Å²) in [5.41, 5.74) is 0. The molecule has 3 heteroatoms. The second-order valence-electron chi connectivity index (χ2n) is 3.84. The molecule has 0 N–H and O–H groups in total. The van der Waals surface area contributed by atoms with Crippen LogP contribution in [-0.4, -0.2) is 49.6 Å². The summed E-state index contributed by atoms with van der Waals surface area (Å²) in [4.78, 5) is 4.47. The summed E-state index contributed by atoms with van der Waals surface area (Å²) in [5, 5.41) is 8.54. The highest BCUT2D eigenvalue weighted by Crippen LogP contribution is 2.18. The first-order chi connectivity index (χ1) is 5.65. The first-order valence-electron chi connectivity index (χ1n) is 4.41. The van der Waals surface area contributed by atoms with E-state index in [1.807, 2.05) is 7.05 Å². The molecule has 0 aromatic heterocycles. The lowest BCUT2D eigenvalue weighted by molar-refractivity contribution is 0.238. The Morgan fingerprint density at radius 3 is 2.67 bits per heavy atom. The van der Waals surface area contributed by atoms with Crippen molar-refractivity contribution < 1.29 is 0 Å². The maximum absolute atomic E-state index is 8.54. The van der Waals surface area contributed by atoms with Crippen LogP contribution >= 0.6 is 0 Å². The predicted molar refractivity (Wildman–Crippen MR) is 48.7 cm³/mol. The molecule has 0 saturated carbocycles. The number of likely N-dealkylation sites (N-methyl/N-ethyl adjacent to an activating group) is 2. The van der Waals surface area contributed by atoms with Crippen LogP contribution < -0.4 is 0 Å². The van der Waals surface area contributed by atoms with Gasteiger partial charge < -0.3 is 4.90 Å². The second kappa shape index (κ2) is 3.88. The van der Waals surface area contributed by atoms with E-state index in [9.17, 15) is 0 Å². The van der Waals surface area contributed by atoms with Gasteiger partial charge in [-0.2, -0.15) is 5.26 Å². The molecule has 12 heavy (non-hydrogen) atoms. The lowest BCUT2D eigenvalue weighted by Gasteiger charge is -2.24. The van der Waals surface area contributed by atoms with Crippen molar-refractivity contribution in [2.45, 2.75) is 13.0 Å². The Labute approximate surface area is 74.6 Å². The van der Waals surface area contributed by atoms with Crippen LogP contribution in [0.5, 0.6) is 0 Å². The fourth-order valence-corrected chi connectivity index (χ4v) is 1.99. The van der Waals surface area contributed by atoms with Crippen molar-refractivity contribution in [3.63, 3.8) is 0 Å². The molecule has 1 aliphatic heterocycles. The molecule has 0 radical (unpaired) electrons. The Balaban J connectivity index is 2.47. The summed E-state index contributed by atoms with van der Waals surface area (Å²) in [6, 6.07) is 2.75. The number of nitriles is 1. The summed E-state index contributed by atoms with van der Waals surface area (Å²) in [5.74, 6) is 0.688. The van der Waals surface area contributed by atoms with E-state index >= 15 is 0 Å². The van der Waals surface area contributed by atoms with Crippen LogP contribution in [-0.2, 0) is 0 Å². The number of likely N-dealkylation sites (tertiary alicyclic amines) is 1. The highest BCUT2D eigenvalue weighted by molar-refractivity contribution is 4.89. The Hall–Kier alpha value is -0.590. The van der Waals surface area contributed by atoms with E-state index in [-0.39, 0.29) is 0 Å². The molecule has 0 amide bonds. The van der Waals surface area contributed by atoms with Gasteiger partial charge in [0.25, 0.3) is 0 Å². The van der Waals surface area contributed by atoms with Crippen molar-refractivity contribution >= 4 is 0 Å². The van der Waals surface area contributed by atoms with Gasteiger partial charge in [0.05, 0.1) is 12.6 Å². The van der Waals surface area contributed by atoms with E-state index in [2.05, 4.69) is 29.8 Å². The smallest absolute Gasteiger partial charge is 0.0866 e. The molecule has 1 aliphatic rings. The van der Waals surface area contributed by atoms with E-state index in [0.29, 0.717) is 18.5 Å². The predicted octanol–water partition coefficient (Wildman–Crippen LogP) is 0.392. The van der Waals surface area contributed by atoms with Gasteiger partial charge in [0, 0.05) is 19.1 Å². The average molecular weight is 167 g/mol. The van der Waals surface area contributed by atoms with Crippen molar-refractivity contribution in [1.82, 2.24) is 9.80 Å². The Morgan fingerprint density at radius 2 is 2.25 bits per heavy atom. The third-order valence-corrected chi connectivity index (χ3v) is 2.64. The van der Waals surface area contributed by atoms with Crippen LogP contribution in [0.3, 0.4) is 0 Å². The Morgan fingerprint density at radius 1 is 1.58 bits per heavy atom. The van der Waals surface area contributed by atoms with Gasteiger partial charge >= 0.3 is 0 Å². The molecular formula is C9H17N3. The molecule has 0 aromatic carbocycles. The first kappa shape index (κ1) is 9.50. The van der Waals surface area contributed by atoms with Crippen LogP contribution in [0.2, 0.25) is 0 Å². The van der Waals surface area contributed by atoms with Crippen LogP contribution in [0.25, 0.3) is 0 Å². The van der Waals surface area contributed by atoms with Gasteiger partial charge in [0.2, 0.25) is 0 Å². The topological polar surface area (TPSA) is 30.3 Å². The molecule has 3 nitrogen and oxygen atoms in total. The van der Waals surface area contributed by atoms with Gasteiger partial charge in [-0.3, -0.25) is 4.90 Å². The maximum Gasteiger partial charge on any atom is 0.0866 e. The van der Waals surface area contributed by atoms with Crippen LogP contribution in [0.15, 0.2) is 0 Å². The molecule has 1 saturated heterocycles. The molecule has 1 heterocycles. The monoisotopic (exact) mass is 167 g/mol. The van der Waals surface area contributed by atoms with Gasteiger partial charge in [-0.25, -0.2) is 0 Å². The van der Waals surface area contributed by atoms with Gasteiger partial charge in [-0.15, -0.1) is 0 Å². The summed E-state index contributed by atoms with van der Waals surface area (Å²) < 4.78 is 0. The lowest BCUT2D eigenvalue weighted by Crippen LogP contribution is -2.37. The Bertz CT molecular complexity index is 185. The van der Waals surface area contributed by atoms with E-state index in [0.717, 1.165) is 13.1 Å². The van der Waals surface area contributed by atoms with Crippen LogP contribution in [0.1, 0.15) is 6.92 Å². The summed E-state index contributed by atoms with van der Waals surface area (Å²) in [6.45, 7) is 5.05. The SMILES string of the molecule is CC1CN(C)CC1N(C)CC#N. The fourth-order valence-electron chi connectivity index (χ4n) is 1.99. The van der Waals surface area contributed by atoms with E-state index in [4.69, 9.17) is 5.26 Å². The van der Waals surface area contributed by atoms with E-state index < -0.39 is 0 Å². The number of hydrogen-bond donors (Lipinski definition) is 0. The molecule has 0 aromatic rings. The molecule has 0 spiro atoms. The number of nitrogens with zero attached hydrogens (tertiary/aromatic N) is 3. The van der Waals surface area contributed by atoms with Crippen molar-refractivity contribution in [3.05, 3.63) is 0 Å². The quantitative estimate of drug-likeness (QED) is 0.557. The third kappa shape index (κ3) is 1.96. The third-order valence-electron chi connectivity index (χ3n) is 2.64. The zero-order valence-corrected chi connectivity index (χ0v) is 8.12. The van der Waals surface area contributed by atoms with Crippen molar-refractivity contribution in [1.29, 1.82) is 5.26 Å². The fraction of sp³-hybridized carbons (Fsp3) is 0.889. The molecule has 1 rings (SSSR count). The maximum atomic E-state index is 8.54. The molecular weight excluding hydrogens is 150 g/mol. The molecule has 1 fully saturated rings. The summed E-state index contributed by atoms with van der Waals surface area (Å²) in [7, 11) is 4.17. The summed E-state index contributed by atoms with van der Waals surface area (Å²) >= 11 is 0. The average Bonchev–Trinajstić information content (AvgIpc) is 2.30. The molecule has 0 aliphatic carbocycles. The van der Waals surface area contributed by atoms with E-state index in [1.165, 1.54) is 0 Å². The van der Waals surface area contributed by atoms with Gasteiger partial charge in [-0.05, 0) is 20.0 Å². The van der Waals surface area contributed by atoms with Gasteiger partial charge in [-0.1, -0.05) is 6.92 Å². The van der Waals surface area contributed by atoms with Crippen LogP contribution in [0.4, 0.5) is 0 Å².